The first kappa shape index (κ1) is 13.9. The van der Waals surface area contributed by atoms with Gasteiger partial charge in [0.25, 0.3) is 0 Å². The summed E-state index contributed by atoms with van der Waals surface area (Å²) in [5, 5.41) is 3.94. The largest absolute Gasteiger partial charge is 0.486 e. The van der Waals surface area contributed by atoms with Crippen LogP contribution in [0.3, 0.4) is 0 Å². The fourth-order valence-electron chi connectivity index (χ4n) is 1.45. The number of halogens is 2. The molecule has 4 nitrogen and oxygen atoms in total. The molecule has 0 aliphatic heterocycles. The van der Waals surface area contributed by atoms with E-state index in [4.69, 9.17) is 27.9 Å². The number of anilines is 1. The number of rotatable bonds is 5. The van der Waals surface area contributed by atoms with Gasteiger partial charge in [-0.2, -0.15) is 0 Å². The van der Waals surface area contributed by atoms with Crippen LogP contribution in [0.15, 0.2) is 30.6 Å². The molecule has 1 heterocycles. The van der Waals surface area contributed by atoms with Crippen molar-refractivity contribution < 1.29 is 4.74 Å². The maximum atomic E-state index is 6.02. The molecule has 0 unspecified atom stereocenters. The van der Waals surface area contributed by atoms with Crippen molar-refractivity contribution in [1.82, 2.24) is 9.97 Å². The van der Waals surface area contributed by atoms with Gasteiger partial charge in [0.05, 0.1) is 23.1 Å². The summed E-state index contributed by atoms with van der Waals surface area (Å²) in [6.45, 7) is 3.10. The van der Waals surface area contributed by atoms with E-state index in [-0.39, 0.29) is 0 Å². The minimum atomic E-state index is 0.291. The van der Waals surface area contributed by atoms with Gasteiger partial charge in [0.15, 0.2) is 0 Å². The first-order chi connectivity index (χ1) is 9.20. The Labute approximate surface area is 121 Å². The van der Waals surface area contributed by atoms with Gasteiger partial charge in [0.1, 0.15) is 23.2 Å². The van der Waals surface area contributed by atoms with E-state index in [2.05, 4.69) is 15.3 Å². The van der Waals surface area contributed by atoms with Crippen LogP contribution in [0.4, 0.5) is 5.82 Å². The van der Waals surface area contributed by atoms with Crippen molar-refractivity contribution in [2.24, 2.45) is 0 Å². The second kappa shape index (κ2) is 6.59. The Bertz CT molecular complexity index is 546. The van der Waals surface area contributed by atoms with Crippen LogP contribution in [-0.4, -0.2) is 16.5 Å². The number of benzene rings is 1. The monoisotopic (exact) mass is 297 g/mol. The Hall–Kier alpha value is -1.52. The number of nitrogens with one attached hydrogen (secondary N) is 1. The van der Waals surface area contributed by atoms with E-state index in [1.807, 2.05) is 6.92 Å². The molecule has 0 aliphatic carbocycles. The summed E-state index contributed by atoms with van der Waals surface area (Å²) in [7, 11) is 0. The minimum Gasteiger partial charge on any atom is -0.486 e. The van der Waals surface area contributed by atoms with E-state index in [1.165, 1.54) is 0 Å². The Kier molecular flexibility index (Phi) is 4.82. The van der Waals surface area contributed by atoms with Crippen LogP contribution in [0.2, 0.25) is 10.0 Å². The molecular formula is C13H13Cl2N3O. The third-order valence-electron chi connectivity index (χ3n) is 2.35. The molecular weight excluding hydrogens is 285 g/mol. The van der Waals surface area contributed by atoms with Gasteiger partial charge in [-0.25, -0.2) is 4.98 Å². The molecule has 0 radical (unpaired) electrons. The molecule has 6 heteroatoms. The molecule has 19 heavy (non-hydrogen) atoms. The molecule has 0 atom stereocenters. The summed E-state index contributed by atoms with van der Waals surface area (Å²) in [4.78, 5) is 8.45. The van der Waals surface area contributed by atoms with E-state index in [9.17, 15) is 0 Å². The zero-order valence-electron chi connectivity index (χ0n) is 10.4. The smallest absolute Gasteiger partial charge is 0.144 e. The molecule has 1 aromatic heterocycles. The van der Waals surface area contributed by atoms with Gasteiger partial charge < -0.3 is 10.1 Å². The van der Waals surface area contributed by atoms with Crippen LogP contribution in [0.1, 0.15) is 12.6 Å². The number of hydrogen-bond acceptors (Lipinski definition) is 4. The number of nitrogens with zero attached hydrogens (tertiary/aromatic N) is 2. The third-order valence-corrected chi connectivity index (χ3v) is 3.16. The number of hydrogen-bond donors (Lipinski definition) is 1. The molecule has 0 bridgehead atoms. The van der Waals surface area contributed by atoms with Crippen molar-refractivity contribution in [2.45, 2.75) is 13.5 Å². The zero-order valence-corrected chi connectivity index (χ0v) is 11.9. The predicted molar refractivity (Wildman–Crippen MR) is 77.0 cm³/mol. The number of aromatic nitrogens is 2. The summed E-state index contributed by atoms with van der Waals surface area (Å²) >= 11 is 11.9. The summed E-state index contributed by atoms with van der Waals surface area (Å²) in [6, 6.07) is 5.25. The standard InChI is InChI=1S/C13H13Cl2N3O/c1-2-16-12-7-17-9(6-18-12)8-19-11-5-3-4-10(14)13(11)15/h3-7H,2,8H2,1H3,(H,16,18). The predicted octanol–water partition coefficient (Wildman–Crippen LogP) is 3.79. The van der Waals surface area contributed by atoms with Crippen LogP contribution in [-0.2, 0) is 6.61 Å². The van der Waals surface area contributed by atoms with Crippen molar-refractivity contribution in [3.05, 3.63) is 46.3 Å². The van der Waals surface area contributed by atoms with Crippen LogP contribution in [0.5, 0.6) is 5.75 Å². The van der Waals surface area contributed by atoms with Crippen LogP contribution in [0, 0.1) is 0 Å². The summed E-state index contributed by atoms with van der Waals surface area (Å²) in [5.41, 5.74) is 0.720. The summed E-state index contributed by atoms with van der Waals surface area (Å²) < 4.78 is 5.56. The normalized spacial score (nSPS) is 10.3. The van der Waals surface area contributed by atoms with E-state index in [0.717, 1.165) is 18.1 Å². The Morgan fingerprint density at radius 2 is 2.05 bits per heavy atom. The Balaban J connectivity index is 2.00. The van der Waals surface area contributed by atoms with Gasteiger partial charge in [-0.3, -0.25) is 4.98 Å². The quantitative estimate of drug-likeness (QED) is 0.912. The average Bonchev–Trinajstić information content (AvgIpc) is 2.42. The van der Waals surface area contributed by atoms with Crippen LogP contribution < -0.4 is 10.1 Å². The molecule has 0 saturated carbocycles. The molecule has 2 aromatic rings. The maximum Gasteiger partial charge on any atom is 0.144 e. The van der Waals surface area contributed by atoms with Crippen molar-refractivity contribution in [2.75, 3.05) is 11.9 Å². The minimum absolute atomic E-state index is 0.291. The first-order valence-electron chi connectivity index (χ1n) is 5.82. The second-order valence-electron chi connectivity index (χ2n) is 3.76. The highest BCUT2D eigenvalue weighted by molar-refractivity contribution is 6.42. The lowest BCUT2D eigenvalue weighted by Crippen LogP contribution is -2.03. The fourth-order valence-corrected chi connectivity index (χ4v) is 1.80. The van der Waals surface area contributed by atoms with Gasteiger partial charge in [0, 0.05) is 6.54 Å². The lowest BCUT2D eigenvalue weighted by Gasteiger charge is -2.08. The molecule has 0 saturated heterocycles. The highest BCUT2D eigenvalue weighted by Crippen LogP contribution is 2.31. The molecule has 100 valence electrons. The lowest BCUT2D eigenvalue weighted by atomic mass is 10.3. The average molecular weight is 298 g/mol. The lowest BCUT2D eigenvalue weighted by molar-refractivity contribution is 0.301. The van der Waals surface area contributed by atoms with Crippen LogP contribution >= 0.6 is 23.2 Å². The fraction of sp³-hybridized carbons (Fsp3) is 0.231. The van der Waals surface area contributed by atoms with Gasteiger partial charge in [-0.15, -0.1) is 0 Å². The van der Waals surface area contributed by atoms with Gasteiger partial charge >= 0.3 is 0 Å². The molecule has 2 rings (SSSR count). The van der Waals surface area contributed by atoms with Crippen molar-refractivity contribution >= 4 is 29.0 Å². The first-order valence-corrected chi connectivity index (χ1v) is 6.58. The van der Waals surface area contributed by atoms with Gasteiger partial charge in [-0.05, 0) is 19.1 Å². The van der Waals surface area contributed by atoms with Crippen molar-refractivity contribution in [3.63, 3.8) is 0 Å². The summed E-state index contributed by atoms with van der Waals surface area (Å²) in [6.07, 6.45) is 3.33. The van der Waals surface area contributed by atoms with Gasteiger partial charge in [0.2, 0.25) is 0 Å². The van der Waals surface area contributed by atoms with Crippen molar-refractivity contribution in [1.29, 1.82) is 0 Å². The van der Waals surface area contributed by atoms with E-state index < -0.39 is 0 Å². The topological polar surface area (TPSA) is 47.0 Å². The van der Waals surface area contributed by atoms with E-state index in [1.54, 1.807) is 30.6 Å². The molecule has 0 amide bonds. The number of ether oxygens (including phenoxy) is 1. The molecule has 0 fully saturated rings. The Morgan fingerprint density at radius 3 is 2.74 bits per heavy atom. The second-order valence-corrected chi connectivity index (χ2v) is 4.55. The third kappa shape index (κ3) is 3.72. The zero-order chi connectivity index (χ0) is 13.7. The molecule has 1 aromatic carbocycles. The molecule has 1 N–H and O–H groups in total. The Morgan fingerprint density at radius 1 is 1.21 bits per heavy atom. The molecule has 0 aliphatic rings. The SMILES string of the molecule is CCNc1cnc(COc2cccc(Cl)c2Cl)cn1. The van der Waals surface area contributed by atoms with E-state index in [0.29, 0.717) is 22.4 Å². The highest BCUT2D eigenvalue weighted by Gasteiger charge is 2.06. The highest BCUT2D eigenvalue weighted by atomic mass is 35.5. The molecule has 0 spiro atoms. The van der Waals surface area contributed by atoms with Crippen LogP contribution in [0.25, 0.3) is 0 Å². The van der Waals surface area contributed by atoms with Crippen molar-refractivity contribution in [3.8, 4) is 5.75 Å². The van der Waals surface area contributed by atoms with Gasteiger partial charge in [-0.1, -0.05) is 29.3 Å². The van der Waals surface area contributed by atoms with E-state index >= 15 is 0 Å². The maximum absolute atomic E-state index is 6.02. The summed E-state index contributed by atoms with van der Waals surface area (Å²) in [5.74, 6) is 1.28.